The normalized spacial score (nSPS) is 30.4. The molecule has 1 aliphatic carbocycles. The molecule has 0 amide bonds. The zero-order valence-electron chi connectivity index (χ0n) is 8.93. The topological polar surface area (TPSA) is 58.0 Å². The van der Waals surface area contributed by atoms with E-state index in [-0.39, 0.29) is 6.10 Å². The Hall–Kier alpha value is -1.16. The van der Waals surface area contributed by atoms with Crippen LogP contribution in [0.1, 0.15) is 26.2 Å². The van der Waals surface area contributed by atoms with Crippen LogP contribution in [0.2, 0.25) is 0 Å². The summed E-state index contributed by atoms with van der Waals surface area (Å²) in [4.78, 5) is 7.98. The van der Waals surface area contributed by atoms with Crippen molar-refractivity contribution in [2.75, 3.05) is 5.32 Å². The van der Waals surface area contributed by atoms with Crippen LogP contribution in [-0.4, -0.2) is 27.2 Å². The van der Waals surface area contributed by atoms with Crippen molar-refractivity contribution in [1.29, 1.82) is 0 Å². The van der Waals surface area contributed by atoms with Crippen LogP contribution in [0, 0.1) is 5.92 Å². The molecule has 0 unspecified atom stereocenters. The van der Waals surface area contributed by atoms with E-state index >= 15 is 0 Å². The summed E-state index contributed by atoms with van der Waals surface area (Å²) in [7, 11) is 0. The fraction of sp³-hybridized carbons (Fsp3) is 0.636. The van der Waals surface area contributed by atoms with Crippen molar-refractivity contribution in [2.45, 2.75) is 38.3 Å². The number of hydrogen-bond donors (Lipinski definition) is 2. The van der Waals surface area contributed by atoms with E-state index in [1.165, 1.54) is 6.33 Å². The van der Waals surface area contributed by atoms with E-state index in [9.17, 15) is 5.11 Å². The van der Waals surface area contributed by atoms with Crippen molar-refractivity contribution in [1.82, 2.24) is 9.97 Å². The van der Waals surface area contributed by atoms with E-state index in [1.54, 1.807) is 6.20 Å². The monoisotopic (exact) mass is 207 g/mol. The van der Waals surface area contributed by atoms with Gasteiger partial charge >= 0.3 is 0 Å². The zero-order valence-corrected chi connectivity index (χ0v) is 8.93. The Kier molecular flexibility index (Phi) is 3.16. The fourth-order valence-corrected chi connectivity index (χ4v) is 2.24. The third kappa shape index (κ3) is 2.45. The molecule has 1 aromatic rings. The first-order valence-corrected chi connectivity index (χ1v) is 5.50. The second-order valence-corrected chi connectivity index (χ2v) is 4.14. The molecule has 1 fully saturated rings. The van der Waals surface area contributed by atoms with Gasteiger partial charge in [-0.15, -0.1) is 0 Å². The van der Waals surface area contributed by atoms with Gasteiger partial charge in [0.1, 0.15) is 12.1 Å². The molecule has 0 saturated heterocycles. The third-order valence-electron chi connectivity index (χ3n) is 3.12. The van der Waals surface area contributed by atoms with Gasteiger partial charge in [0.25, 0.3) is 0 Å². The molecule has 1 saturated carbocycles. The Labute approximate surface area is 89.8 Å². The molecule has 4 nitrogen and oxygen atoms in total. The van der Waals surface area contributed by atoms with Crippen LogP contribution in [0.25, 0.3) is 0 Å². The van der Waals surface area contributed by atoms with Crippen LogP contribution in [-0.2, 0) is 0 Å². The van der Waals surface area contributed by atoms with E-state index in [2.05, 4.69) is 22.2 Å². The zero-order chi connectivity index (χ0) is 10.7. The Bertz CT molecular complexity index is 304. The second-order valence-electron chi connectivity index (χ2n) is 4.14. The number of aliphatic hydroxyl groups excluding tert-OH is 1. The van der Waals surface area contributed by atoms with Crippen LogP contribution < -0.4 is 5.32 Å². The molecule has 1 aliphatic rings. The average molecular weight is 207 g/mol. The van der Waals surface area contributed by atoms with E-state index in [0.717, 1.165) is 25.1 Å². The molecule has 0 radical (unpaired) electrons. The summed E-state index contributed by atoms with van der Waals surface area (Å²) in [6, 6.07) is 2.20. The maximum absolute atomic E-state index is 9.76. The van der Waals surface area contributed by atoms with E-state index in [0.29, 0.717) is 12.0 Å². The van der Waals surface area contributed by atoms with Gasteiger partial charge in [0, 0.05) is 12.2 Å². The highest BCUT2D eigenvalue weighted by Crippen LogP contribution is 2.30. The first kappa shape index (κ1) is 10.4. The standard InChI is InChI=1S/C11H17N3O/c1-2-8-5-9(6-10(8)15)14-11-3-4-12-7-13-11/h3-4,7-10,15H,2,5-6H2,1H3,(H,12,13,14)/t8-,9+,10-/m0/s1. The minimum absolute atomic E-state index is 0.158. The number of nitrogens with one attached hydrogen (secondary N) is 1. The molecule has 1 aromatic heterocycles. The summed E-state index contributed by atoms with van der Waals surface area (Å²) in [5, 5.41) is 13.1. The van der Waals surface area contributed by atoms with Crippen molar-refractivity contribution in [2.24, 2.45) is 5.92 Å². The lowest BCUT2D eigenvalue weighted by molar-refractivity contribution is 0.130. The Morgan fingerprint density at radius 3 is 3.00 bits per heavy atom. The van der Waals surface area contributed by atoms with Gasteiger partial charge in [-0.05, 0) is 24.8 Å². The van der Waals surface area contributed by atoms with Gasteiger partial charge in [0.15, 0.2) is 0 Å². The van der Waals surface area contributed by atoms with Gasteiger partial charge in [0.05, 0.1) is 6.10 Å². The highest BCUT2D eigenvalue weighted by molar-refractivity contribution is 5.33. The highest BCUT2D eigenvalue weighted by atomic mass is 16.3. The van der Waals surface area contributed by atoms with Gasteiger partial charge in [0.2, 0.25) is 0 Å². The molecule has 0 aliphatic heterocycles. The Morgan fingerprint density at radius 2 is 2.40 bits per heavy atom. The summed E-state index contributed by atoms with van der Waals surface area (Å²) in [5.74, 6) is 1.28. The molecular formula is C11H17N3O. The molecule has 82 valence electrons. The minimum Gasteiger partial charge on any atom is -0.393 e. The first-order valence-electron chi connectivity index (χ1n) is 5.50. The highest BCUT2D eigenvalue weighted by Gasteiger charge is 2.31. The van der Waals surface area contributed by atoms with Crippen LogP contribution in [0.5, 0.6) is 0 Å². The van der Waals surface area contributed by atoms with Gasteiger partial charge in [-0.3, -0.25) is 0 Å². The fourth-order valence-electron chi connectivity index (χ4n) is 2.24. The number of aliphatic hydroxyl groups is 1. The molecule has 4 heteroatoms. The van der Waals surface area contributed by atoms with Crippen molar-refractivity contribution < 1.29 is 5.11 Å². The molecule has 1 heterocycles. The largest absolute Gasteiger partial charge is 0.393 e. The minimum atomic E-state index is -0.158. The molecule has 0 bridgehead atoms. The summed E-state index contributed by atoms with van der Waals surface area (Å²) in [5.41, 5.74) is 0. The number of nitrogens with zero attached hydrogens (tertiary/aromatic N) is 2. The summed E-state index contributed by atoms with van der Waals surface area (Å²) >= 11 is 0. The van der Waals surface area contributed by atoms with E-state index in [1.807, 2.05) is 6.07 Å². The summed E-state index contributed by atoms with van der Waals surface area (Å²) < 4.78 is 0. The molecule has 2 rings (SSSR count). The summed E-state index contributed by atoms with van der Waals surface area (Å²) in [6.07, 6.45) is 5.99. The SMILES string of the molecule is CC[C@H]1C[C@@H](Nc2ccncn2)C[C@@H]1O. The molecule has 3 atom stereocenters. The lowest BCUT2D eigenvalue weighted by Gasteiger charge is -2.12. The molecule has 0 spiro atoms. The third-order valence-corrected chi connectivity index (χ3v) is 3.12. The average Bonchev–Trinajstić information content (AvgIpc) is 2.60. The first-order chi connectivity index (χ1) is 7.29. The number of hydrogen-bond acceptors (Lipinski definition) is 4. The lowest BCUT2D eigenvalue weighted by atomic mass is 10.0. The van der Waals surface area contributed by atoms with Crippen molar-refractivity contribution >= 4 is 5.82 Å². The van der Waals surface area contributed by atoms with Crippen LogP contribution in [0.3, 0.4) is 0 Å². The van der Waals surface area contributed by atoms with Crippen molar-refractivity contribution in [3.8, 4) is 0 Å². The molecule has 0 aromatic carbocycles. The predicted octanol–water partition coefficient (Wildman–Crippen LogP) is 1.44. The molecular weight excluding hydrogens is 190 g/mol. The quantitative estimate of drug-likeness (QED) is 0.787. The van der Waals surface area contributed by atoms with Gasteiger partial charge < -0.3 is 10.4 Å². The van der Waals surface area contributed by atoms with Crippen molar-refractivity contribution in [3.05, 3.63) is 18.6 Å². The Balaban J connectivity index is 1.92. The van der Waals surface area contributed by atoms with Gasteiger partial charge in [-0.1, -0.05) is 13.3 Å². The van der Waals surface area contributed by atoms with E-state index < -0.39 is 0 Å². The summed E-state index contributed by atoms with van der Waals surface area (Å²) in [6.45, 7) is 2.13. The van der Waals surface area contributed by atoms with Crippen LogP contribution >= 0.6 is 0 Å². The van der Waals surface area contributed by atoms with E-state index in [4.69, 9.17) is 0 Å². The molecule has 2 N–H and O–H groups in total. The smallest absolute Gasteiger partial charge is 0.129 e. The van der Waals surface area contributed by atoms with Crippen molar-refractivity contribution in [3.63, 3.8) is 0 Å². The molecule has 15 heavy (non-hydrogen) atoms. The van der Waals surface area contributed by atoms with Crippen LogP contribution in [0.4, 0.5) is 5.82 Å². The van der Waals surface area contributed by atoms with Gasteiger partial charge in [-0.2, -0.15) is 0 Å². The maximum atomic E-state index is 9.76. The number of anilines is 1. The maximum Gasteiger partial charge on any atom is 0.129 e. The van der Waals surface area contributed by atoms with Gasteiger partial charge in [-0.25, -0.2) is 9.97 Å². The number of aromatic nitrogens is 2. The lowest BCUT2D eigenvalue weighted by Crippen LogP contribution is -2.17. The predicted molar refractivity (Wildman–Crippen MR) is 58.5 cm³/mol. The second kappa shape index (κ2) is 4.57. The Morgan fingerprint density at radius 1 is 1.53 bits per heavy atom. The number of rotatable bonds is 3. The van der Waals surface area contributed by atoms with Crippen LogP contribution in [0.15, 0.2) is 18.6 Å².